The summed E-state index contributed by atoms with van der Waals surface area (Å²) in [6.07, 6.45) is 1.45. The van der Waals surface area contributed by atoms with E-state index in [-0.39, 0.29) is 0 Å². The Kier molecular flexibility index (Phi) is 4.35. The van der Waals surface area contributed by atoms with Gasteiger partial charge in [-0.05, 0) is 34.1 Å². The summed E-state index contributed by atoms with van der Waals surface area (Å²) in [6.45, 7) is 0. The van der Waals surface area contributed by atoms with Crippen molar-refractivity contribution in [3.05, 3.63) is 39.0 Å². The van der Waals surface area contributed by atoms with E-state index >= 15 is 0 Å². The first-order chi connectivity index (χ1) is 9.15. The molecule has 0 aliphatic heterocycles. The van der Waals surface area contributed by atoms with Gasteiger partial charge in [-0.25, -0.2) is 9.97 Å². The number of aromatic nitrogens is 2. The van der Waals surface area contributed by atoms with Gasteiger partial charge in [0.15, 0.2) is 0 Å². The fourth-order valence-corrected chi connectivity index (χ4v) is 2.34. The highest BCUT2D eigenvalue weighted by Crippen LogP contribution is 2.30. The van der Waals surface area contributed by atoms with Gasteiger partial charge in [0.25, 0.3) is 0 Å². The lowest BCUT2D eigenvalue weighted by Gasteiger charge is -2.11. The standard InChI is InChI=1S/C12H9Br2N5/c1-16-11-10(14)12(18-6-17-11)19-9-4-8(13)3-2-7(9)5-15/h2-4,6H,1H3,(H2,16,17,18,19). The molecule has 2 aromatic rings. The highest BCUT2D eigenvalue weighted by Gasteiger charge is 2.10. The van der Waals surface area contributed by atoms with E-state index in [2.05, 4.69) is 58.5 Å². The SMILES string of the molecule is CNc1ncnc(Nc2cc(Br)ccc2C#N)c1Br. The third-order valence-electron chi connectivity index (χ3n) is 2.38. The van der Waals surface area contributed by atoms with Crippen LogP contribution < -0.4 is 10.6 Å². The van der Waals surface area contributed by atoms with Crippen molar-refractivity contribution < 1.29 is 0 Å². The highest BCUT2D eigenvalue weighted by atomic mass is 79.9. The van der Waals surface area contributed by atoms with Crippen LogP contribution in [0.15, 0.2) is 33.5 Å². The van der Waals surface area contributed by atoms with E-state index in [0.717, 1.165) is 4.47 Å². The summed E-state index contributed by atoms with van der Waals surface area (Å²) in [7, 11) is 1.77. The smallest absolute Gasteiger partial charge is 0.150 e. The number of hydrogen-bond acceptors (Lipinski definition) is 5. The number of halogens is 2. The van der Waals surface area contributed by atoms with Crippen molar-refractivity contribution in [3.8, 4) is 6.07 Å². The molecule has 5 nitrogen and oxygen atoms in total. The summed E-state index contributed by atoms with van der Waals surface area (Å²) in [5, 5.41) is 15.2. The summed E-state index contributed by atoms with van der Waals surface area (Å²) in [6, 6.07) is 7.51. The molecule has 0 amide bonds. The molecule has 7 heteroatoms. The molecule has 0 atom stereocenters. The van der Waals surface area contributed by atoms with Gasteiger partial charge < -0.3 is 10.6 Å². The van der Waals surface area contributed by atoms with Gasteiger partial charge in [-0.1, -0.05) is 15.9 Å². The molecule has 0 aliphatic carbocycles. The first-order valence-corrected chi connectivity index (χ1v) is 6.89. The zero-order chi connectivity index (χ0) is 13.8. The molecule has 0 saturated heterocycles. The molecule has 2 N–H and O–H groups in total. The van der Waals surface area contributed by atoms with E-state index in [4.69, 9.17) is 5.26 Å². The van der Waals surface area contributed by atoms with E-state index < -0.39 is 0 Å². The van der Waals surface area contributed by atoms with Gasteiger partial charge in [-0.15, -0.1) is 0 Å². The van der Waals surface area contributed by atoms with E-state index in [1.165, 1.54) is 6.33 Å². The summed E-state index contributed by atoms with van der Waals surface area (Å²) in [5.74, 6) is 1.26. The minimum Gasteiger partial charge on any atom is -0.372 e. The minimum atomic E-state index is 0.541. The second-order valence-electron chi connectivity index (χ2n) is 3.56. The van der Waals surface area contributed by atoms with E-state index in [0.29, 0.717) is 27.4 Å². The van der Waals surface area contributed by atoms with Crippen molar-refractivity contribution in [1.29, 1.82) is 5.26 Å². The molecule has 0 unspecified atom stereocenters. The maximum absolute atomic E-state index is 9.10. The third-order valence-corrected chi connectivity index (χ3v) is 3.63. The van der Waals surface area contributed by atoms with Gasteiger partial charge in [0, 0.05) is 11.5 Å². The molecule has 0 radical (unpaired) electrons. The Balaban J connectivity index is 2.42. The van der Waals surface area contributed by atoms with Crippen LogP contribution in [0.5, 0.6) is 0 Å². The van der Waals surface area contributed by atoms with Crippen LogP contribution in [0.4, 0.5) is 17.3 Å². The van der Waals surface area contributed by atoms with Crippen LogP contribution in [-0.4, -0.2) is 17.0 Å². The number of rotatable bonds is 3. The Morgan fingerprint density at radius 3 is 2.63 bits per heavy atom. The third kappa shape index (κ3) is 3.03. The normalized spacial score (nSPS) is 9.79. The van der Waals surface area contributed by atoms with Crippen LogP contribution in [0.3, 0.4) is 0 Å². The van der Waals surface area contributed by atoms with E-state index in [9.17, 15) is 0 Å². The Morgan fingerprint density at radius 1 is 1.21 bits per heavy atom. The number of nitriles is 1. The maximum Gasteiger partial charge on any atom is 0.150 e. The highest BCUT2D eigenvalue weighted by molar-refractivity contribution is 9.11. The quantitative estimate of drug-likeness (QED) is 0.847. The Labute approximate surface area is 127 Å². The second kappa shape index (κ2) is 5.99. The zero-order valence-corrected chi connectivity index (χ0v) is 13.1. The molecule has 96 valence electrons. The second-order valence-corrected chi connectivity index (χ2v) is 5.27. The summed E-state index contributed by atoms with van der Waals surface area (Å²) < 4.78 is 1.59. The van der Waals surface area contributed by atoms with Crippen molar-refractivity contribution in [1.82, 2.24) is 9.97 Å². The molecule has 0 aliphatic rings. The summed E-state index contributed by atoms with van der Waals surface area (Å²) in [4.78, 5) is 8.23. The van der Waals surface area contributed by atoms with Gasteiger partial charge in [0.1, 0.15) is 28.5 Å². The van der Waals surface area contributed by atoms with Crippen LogP contribution in [0.25, 0.3) is 0 Å². The molecule has 19 heavy (non-hydrogen) atoms. The van der Waals surface area contributed by atoms with Crippen LogP contribution >= 0.6 is 31.9 Å². The van der Waals surface area contributed by atoms with Crippen molar-refractivity contribution >= 4 is 49.2 Å². The first kappa shape index (κ1) is 13.8. The lowest BCUT2D eigenvalue weighted by Crippen LogP contribution is -2.01. The molecule has 0 fully saturated rings. The van der Waals surface area contributed by atoms with Gasteiger partial charge in [0.05, 0.1) is 11.3 Å². The number of benzene rings is 1. The van der Waals surface area contributed by atoms with Crippen LogP contribution in [0, 0.1) is 11.3 Å². The molecule has 0 saturated carbocycles. The fourth-order valence-electron chi connectivity index (χ4n) is 1.48. The Bertz CT molecular complexity index is 651. The molecule has 0 spiro atoms. The van der Waals surface area contributed by atoms with Gasteiger partial charge >= 0.3 is 0 Å². The zero-order valence-electron chi connectivity index (χ0n) is 9.91. The van der Waals surface area contributed by atoms with Crippen molar-refractivity contribution in [2.45, 2.75) is 0 Å². The minimum absolute atomic E-state index is 0.541. The predicted octanol–water partition coefficient (Wildman–Crippen LogP) is 3.66. The molecule has 1 heterocycles. The van der Waals surface area contributed by atoms with Crippen molar-refractivity contribution in [2.75, 3.05) is 17.7 Å². The summed E-state index contributed by atoms with van der Waals surface area (Å²) in [5.41, 5.74) is 1.22. The number of nitrogens with zero attached hydrogens (tertiary/aromatic N) is 3. The van der Waals surface area contributed by atoms with Crippen LogP contribution in [0.1, 0.15) is 5.56 Å². The van der Waals surface area contributed by atoms with Crippen LogP contribution in [-0.2, 0) is 0 Å². The Morgan fingerprint density at radius 2 is 1.95 bits per heavy atom. The van der Waals surface area contributed by atoms with E-state index in [1.807, 2.05) is 12.1 Å². The molecule has 0 bridgehead atoms. The van der Waals surface area contributed by atoms with Crippen molar-refractivity contribution in [2.24, 2.45) is 0 Å². The summed E-state index contributed by atoms with van der Waals surface area (Å²) >= 11 is 6.80. The van der Waals surface area contributed by atoms with Gasteiger partial charge in [-0.2, -0.15) is 5.26 Å². The maximum atomic E-state index is 9.10. The predicted molar refractivity (Wildman–Crippen MR) is 81.4 cm³/mol. The topological polar surface area (TPSA) is 73.6 Å². The van der Waals surface area contributed by atoms with Crippen LogP contribution in [0.2, 0.25) is 0 Å². The lowest BCUT2D eigenvalue weighted by molar-refractivity contribution is 1.14. The number of anilines is 3. The Hall–Kier alpha value is -1.65. The molecule has 1 aromatic carbocycles. The van der Waals surface area contributed by atoms with E-state index in [1.54, 1.807) is 13.1 Å². The van der Waals surface area contributed by atoms with Crippen molar-refractivity contribution in [3.63, 3.8) is 0 Å². The first-order valence-electron chi connectivity index (χ1n) is 5.30. The van der Waals surface area contributed by atoms with Gasteiger partial charge in [0.2, 0.25) is 0 Å². The monoisotopic (exact) mass is 381 g/mol. The average Bonchev–Trinajstić information content (AvgIpc) is 2.41. The fraction of sp³-hybridized carbons (Fsp3) is 0.0833. The average molecular weight is 383 g/mol. The lowest BCUT2D eigenvalue weighted by atomic mass is 10.2. The molecule has 2 rings (SSSR count). The number of nitrogens with one attached hydrogen (secondary N) is 2. The molecular weight excluding hydrogens is 374 g/mol. The largest absolute Gasteiger partial charge is 0.372 e. The number of hydrogen-bond donors (Lipinski definition) is 2. The molecule has 1 aromatic heterocycles. The van der Waals surface area contributed by atoms with Gasteiger partial charge in [-0.3, -0.25) is 0 Å². The molecular formula is C12H9Br2N5.